The van der Waals surface area contributed by atoms with Crippen LogP contribution in [-0.2, 0) is 9.53 Å². The lowest BCUT2D eigenvalue weighted by atomic mass is 9.98. The Morgan fingerprint density at radius 3 is 2.89 bits per heavy atom. The highest BCUT2D eigenvalue weighted by Crippen LogP contribution is 2.16. The van der Waals surface area contributed by atoms with Gasteiger partial charge in [-0.15, -0.1) is 0 Å². The van der Waals surface area contributed by atoms with Gasteiger partial charge >= 0.3 is 0 Å². The molecule has 4 atom stereocenters. The van der Waals surface area contributed by atoms with Gasteiger partial charge in [-0.05, 0) is 33.7 Å². The van der Waals surface area contributed by atoms with Gasteiger partial charge in [0.1, 0.15) is 6.04 Å². The van der Waals surface area contributed by atoms with Crippen molar-refractivity contribution in [2.45, 2.75) is 50.9 Å². The van der Waals surface area contributed by atoms with Crippen LogP contribution in [-0.4, -0.2) is 61.8 Å². The van der Waals surface area contributed by atoms with Gasteiger partial charge in [-0.2, -0.15) is 0 Å². The second-order valence-electron chi connectivity index (χ2n) is 5.57. The summed E-state index contributed by atoms with van der Waals surface area (Å²) in [5.41, 5.74) is 0. The van der Waals surface area contributed by atoms with Crippen molar-refractivity contribution < 1.29 is 9.53 Å². The fourth-order valence-corrected chi connectivity index (χ4v) is 2.74. The summed E-state index contributed by atoms with van der Waals surface area (Å²) in [5, 5.41) is 6.39. The second kappa shape index (κ2) is 5.99. The Morgan fingerprint density at radius 2 is 2.22 bits per heavy atom. The molecule has 0 bridgehead atoms. The van der Waals surface area contributed by atoms with Gasteiger partial charge in [-0.25, -0.2) is 0 Å². The van der Waals surface area contributed by atoms with Crippen molar-refractivity contribution in [1.29, 1.82) is 0 Å². The highest BCUT2D eigenvalue weighted by atomic mass is 16.5. The normalized spacial score (nSPS) is 38.4. The minimum absolute atomic E-state index is 0.0394. The maximum Gasteiger partial charge on any atom is 0.240 e. The van der Waals surface area contributed by atoms with Crippen LogP contribution in [0.2, 0.25) is 0 Å². The lowest BCUT2D eigenvalue weighted by Crippen LogP contribution is -2.58. The molecule has 0 aliphatic carbocycles. The summed E-state index contributed by atoms with van der Waals surface area (Å²) >= 11 is 0. The van der Waals surface area contributed by atoms with Gasteiger partial charge in [0.15, 0.2) is 0 Å². The summed E-state index contributed by atoms with van der Waals surface area (Å²) in [6.45, 7) is 6.66. The van der Waals surface area contributed by atoms with Crippen LogP contribution < -0.4 is 10.6 Å². The number of morpholine rings is 1. The van der Waals surface area contributed by atoms with Crippen molar-refractivity contribution in [2.75, 3.05) is 26.7 Å². The number of hydrogen-bond acceptors (Lipinski definition) is 4. The number of carbonyl (C=O) groups excluding carboxylic acids is 1. The molecule has 0 saturated carbocycles. The molecule has 104 valence electrons. The van der Waals surface area contributed by atoms with Gasteiger partial charge in [0, 0.05) is 25.2 Å². The molecule has 5 nitrogen and oxygen atoms in total. The van der Waals surface area contributed by atoms with E-state index in [1.165, 1.54) is 0 Å². The lowest BCUT2D eigenvalue weighted by Gasteiger charge is -2.37. The average Bonchev–Trinajstić information content (AvgIpc) is 2.34. The number of nitrogens with one attached hydrogen (secondary N) is 2. The molecule has 0 spiro atoms. The van der Waals surface area contributed by atoms with E-state index in [0.29, 0.717) is 18.7 Å². The molecule has 2 heterocycles. The van der Waals surface area contributed by atoms with Crippen LogP contribution in [0.3, 0.4) is 0 Å². The van der Waals surface area contributed by atoms with Crippen LogP contribution in [0.5, 0.6) is 0 Å². The number of rotatable bonds is 2. The Bertz CT molecular complexity index is 298. The van der Waals surface area contributed by atoms with E-state index >= 15 is 0 Å². The predicted molar refractivity (Wildman–Crippen MR) is 70.5 cm³/mol. The molecule has 0 aromatic rings. The number of likely N-dealkylation sites (tertiary alicyclic amines) is 1. The van der Waals surface area contributed by atoms with Crippen LogP contribution >= 0.6 is 0 Å². The molecule has 2 aliphatic heterocycles. The third kappa shape index (κ3) is 3.22. The number of nitrogens with zero attached hydrogens (tertiary/aromatic N) is 1. The van der Waals surface area contributed by atoms with Gasteiger partial charge < -0.3 is 20.3 Å². The van der Waals surface area contributed by atoms with Crippen molar-refractivity contribution in [3.05, 3.63) is 0 Å². The molecular formula is C13H25N3O2. The van der Waals surface area contributed by atoms with E-state index in [4.69, 9.17) is 4.74 Å². The van der Waals surface area contributed by atoms with Crippen molar-refractivity contribution in [3.8, 4) is 0 Å². The highest BCUT2D eigenvalue weighted by molar-refractivity contribution is 5.82. The van der Waals surface area contributed by atoms with Gasteiger partial charge in [0.2, 0.25) is 5.91 Å². The van der Waals surface area contributed by atoms with E-state index in [0.717, 1.165) is 25.9 Å². The number of hydrogen-bond donors (Lipinski definition) is 2. The van der Waals surface area contributed by atoms with Crippen LogP contribution in [0.4, 0.5) is 0 Å². The summed E-state index contributed by atoms with van der Waals surface area (Å²) in [5.74, 6) is 0.0870. The van der Waals surface area contributed by atoms with Crippen LogP contribution in [0, 0.1) is 0 Å². The van der Waals surface area contributed by atoms with Crippen molar-refractivity contribution >= 4 is 5.91 Å². The molecule has 2 saturated heterocycles. The largest absolute Gasteiger partial charge is 0.375 e. The van der Waals surface area contributed by atoms with Gasteiger partial charge in [-0.3, -0.25) is 4.79 Å². The molecule has 18 heavy (non-hydrogen) atoms. The lowest BCUT2D eigenvalue weighted by molar-refractivity contribution is -0.130. The first-order chi connectivity index (χ1) is 8.58. The molecule has 1 amide bonds. The Balaban J connectivity index is 1.83. The molecular weight excluding hydrogens is 230 g/mol. The van der Waals surface area contributed by atoms with E-state index in [9.17, 15) is 4.79 Å². The monoisotopic (exact) mass is 255 g/mol. The SMILES string of the molecule is CC1CC(NC(=O)[C@H]2NCCO[C@@H]2C)CCN1C. The van der Waals surface area contributed by atoms with Gasteiger partial charge in [0.05, 0.1) is 12.7 Å². The summed E-state index contributed by atoms with van der Waals surface area (Å²) in [6.07, 6.45) is 2.03. The van der Waals surface area contributed by atoms with E-state index in [1.807, 2.05) is 6.92 Å². The van der Waals surface area contributed by atoms with Gasteiger partial charge in [0.25, 0.3) is 0 Å². The molecule has 2 rings (SSSR count). The Labute approximate surface area is 109 Å². The van der Waals surface area contributed by atoms with E-state index < -0.39 is 0 Å². The average molecular weight is 255 g/mol. The fraction of sp³-hybridized carbons (Fsp3) is 0.923. The van der Waals surface area contributed by atoms with E-state index in [1.54, 1.807) is 0 Å². The smallest absolute Gasteiger partial charge is 0.240 e. The van der Waals surface area contributed by atoms with Crippen molar-refractivity contribution in [2.24, 2.45) is 0 Å². The third-order valence-corrected chi connectivity index (χ3v) is 4.15. The van der Waals surface area contributed by atoms with Crippen molar-refractivity contribution in [3.63, 3.8) is 0 Å². The minimum Gasteiger partial charge on any atom is -0.375 e. The Hall–Kier alpha value is -0.650. The Morgan fingerprint density at radius 1 is 1.44 bits per heavy atom. The maximum atomic E-state index is 12.2. The maximum absolute atomic E-state index is 12.2. The predicted octanol–water partition coefficient (Wildman–Crippen LogP) is -0.0378. The summed E-state index contributed by atoms with van der Waals surface area (Å²) < 4.78 is 5.51. The van der Waals surface area contributed by atoms with Crippen LogP contribution in [0.1, 0.15) is 26.7 Å². The fourth-order valence-electron chi connectivity index (χ4n) is 2.74. The zero-order chi connectivity index (χ0) is 13.1. The summed E-state index contributed by atoms with van der Waals surface area (Å²) in [4.78, 5) is 14.5. The molecule has 0 aromatic heterocycles. The zero-order valence-corrected chi connectivity index (χ0v) is 11.6. The standard InChI is InChI=1S/C13H25N3O2/c1-9-8-11(4-6-16(9)3)15-13(17)12-10(2)18-7-5-14-12/h9-12,14H,4-8H2,1-3H3,(H,15,17)/t9?,10-,11?,12+/m1/s1. The number of amides is 1. The van der Waals surface area contributed by atoms with Crippen LogP contribution in [0.25, 0.3) is 0 Å². The van der Waals surface area contributed by atoms with Gasteiger partial charge in [-0.1, -0.05) is 0 Å². The van der Waals surface area contributed by atoms with Crippen molar-refractivity contribution in [1.82, 2.24) is 15.5 Å². The topological polar surface area (TPSA) is 53.6 Å². The number of carbonyl (C=O) groups is 1. The van der Waals surface area contributed by atoms with Crippen LogP contribution in [0.15, 0.2) is 0 Å². The highest BCUT2D eigenvalue weighted by Gasteiger charge is 2.31. The first-order valence-electron chi connectivity index (χ1n) is 6.93. The summed E-state index contributed by atoms with van der Waals surface area (Å²) in [6, 6.07) is 0.644. The number of piperidine rings is 1. The minimum atomic E-state index is -0.200. The second-order valence-corrected chi connectivity index (χ2v) is 5.57. The molecule has 0 aromatic carbocycles. The molecule has 5 heteroatoms. The zero-order valence-electron chi connectivity index (χ0n) is 11.6. The first kappa shape index (κ1) is 13.8. The first-order valence-corrected chi connectivity index (χ1v) is 6.93. The molecule has 0 radical (unpaired) electrons. The van der Waals surface area contributed by atoms with E-state index in [2.05, 4.69) is 29.5 Å². The molecule has 2 N–H and O–H groups in total. The molecule has 2 fully saturated rings. The Kier molecular flexibility index (Phi) is 4.59. The molecule has 2 unspecified atom stereocenters. The van der Waals surface area contributed by atoms with E-state index in [-0.39, 0.29) is 18.1 Å². The summed E-state index contributed by atoms with van der Waals surface area (Å²) in [7, 11) is 2.14. The quantitative estimate of drug-likeness (QED) is 0.727. The third-order valence-electron chi connectivity index (χ3n) is 4.15. The number of ether oxygens (including phenoxy) is 1. The molecule has 2 aliphatic rings.